The van der Waals surface area contributed by atoms with Crippen LogP contribution in [0.5, 0.6) is 0 Å². The summed E-state index contributed by atoms with van der Waals surface area (Å²) in [5.74, 6) is 1.69. The van der Waals surface area contributed by atoms with E-state index in [2.05, 4.69) is 38.2 Å². The van der Waals surface area contributed by atoms with Crippen molar-refractivity contribution in [2.75, 3.05) is 17.6 Å². The zero-order valence-electron chi connectivity index (χ0n) is 12.3. The number of thiophene rings is 1. The van der Waals surface area contributed by atoms with Crippen LogP contribution in [0, 0.1) is 0 Å². The lowest BCUT2D eigenvalue weighted by molar-refractivity contribution is 0.959. The number of fused-ring (bicyclic) bond motifs is 1. The number of aryl methyl sites for hydroxylation is 1. The van der Waals surface area contributed by atoms with Gasteiger partial charge in [0.2, 0.25) is 5.95 Å². The molecule has 3 heterocycles. The minimum atomic E-state index is 0.683. The van der Waals surface area contributed by atoms with Gasteiger partial charge in [-0.25, -0.2) is 19.9 Å². The number of rotatable bonds is 7. The van der Waals surface area contributed by atoms with E-state index in [1.54, 1.807) is 41.8 Å². The average molecular weight is 331 g/mol. The minimum Gasteiger partial charge on any atom is -0.354 e. The highest BCUT2D eigenvalue weighted by atomic mass is 32.2. The van der Waals surface area contributed by atoms with E-state index in [-0.39, 0.29) is 0 Å². The summed E-state index contributed by atoms with van der Waals surface area (Å²) in [6.45, 7) is 3.03. The first-order chi connectivity index (χ1) is 10.9. The number of thioether (sulfide) groups is 1. The van der Waals surface area contributed by atoms with Crippen molar-refractivity contribution in [3.05, 3.63) is 35.7 Å². The van der Waals surface area contributed by atoms with Gasteiger partial charge >= 0.3 is 0 Å². The predicted octanol–water partition coefficient (Wildman–Crippen LogP) is 3.64. The van der Waals surface area contributed by atoms with E-state index < -0.39 is 0 Å². The van der Waals surface area contributed by atoms with Gasteiger partial charge in [-0.15, -0.1) is 23.1 Å². The quantitative estimate of drug-likeness (QED) is 0.405. The van der Waals surface area contributed by atoms with E-state index in [0.29, 0.717) is 5.95 Å². The monoisotopic (exact) mass is 331 g/mol. The predicted molar refractivity (Wildman–Crippen MR) is 92.7 cm³/mol. The van der Waals surface area contributed by atoms with Gasteiger partial charge in [-0.05, 0) is 25.0 Å². The normalized spacial score (nSPS) is 11.0. The van der Waals surface area contributed by atoms with Crippen molar-refractivity contribution in [1.82, 2.24) is 19.9 Å². The lowest BCUT2D eigenvalue weighted by Crippen LogP contribution is -2.05. The van der Waals surface area contributed by atoms with Gasteiger partial charge in [0.25, 0.3) is 0 Å². The van der Waals surface area contributed by atoms with Gasteiger partial charge in [-0.2, -0.15) is 0 Å². The molecule has 114 valence electrons. The second-order valence-electron chi connectivity index (χ2n) is 4.67. The van der Waals surface area contributed by atoms with Crippen molar-refractivity contribution in [3.8, 4) is 0 Å². The summed E-state index contributed by atoms with van der Waals surface area (Å²) in [5.41, 5.74) is 0. The van der Waals surface area contributed by atoms with Crippen molar-refractivity contribution < 1.29 is 0 Å². The fraction of sp³-hybridized carbons (Fsp3) is 0.333. The maximum absolute atomic E-state index is 4.42. The Balaban J connectivity index is 1.52. The van der Waals surface area contributed by atoms with Gasteiger partial charge in [-0.1, -0.05) is 6.92 Å². The second-order valence-corrected chi connectivity index (χ2v) is 6.86. The Morgan fingerprint density at radius 2 is 2.05 bits per heavy atom. The van der Waals surface area contributed by atoms with Gasteiger partial charge in [0.15, 0.2) is 0 Å². The Bertz CT molecular complexity index is 729. The van der Waals surface area contributed by atoms with E-state index in [9.17, 15) is 0 Å². The number of hydrogen-bond donors (Lipinski definition) is 1. The first-order valence-corrected chi connectivity index (χ1v) is 9.04. The lowest BCUT2D eigenvalue weighted by Gasteiger charge is -2.04. The average Bonchev–Trinajstić information content (AvgIpc) is 2.99. The zero-order chi connectivity index (χ0) is 15.2. The lowest BCUT2D eigenvalue weighted by atomic mass is 10.3. The van der Waals surface area contributed by atoms with Crippen molar-refractivity contribution >= 4 is 39.3 Å². The maximum Gasteiger partial charge on any atom is 0.222 e. The molecule has 0 atom stereocenters. The summed E-state index contributed by atoms with van der Waals surface area (Å²) in [6, 6.07) is 4.03. The largest absolute Gasteiger partial charge is 0.354 e. The van der Waals surface area contributed by atoms with E-state index in [4.69, 9.17) is 0 Å². The third-order valence-electron chi connectivity index (χ3n) is 3.10. The number of anilines is 1. The fourth-order valence-electron chi connectivity index (χ4n) is 2.00. The summed E-state index contributed by atoms with van der Waals surface area (Å²) in [5, 5.41) is 5.48. The van der Waals surface area contributed by atoms with Crippen LogP contribution in [-0.4, -0.2) is 32.2 Å². The first kappa shape index (κ1) is 15.2. The fourth-order valence-corrected chi connectivity index (χ4v) is 3.92. The Morgan fingerprint density at radius 1 is 1.18 bits per heavy atom. The molecule has 0 aliphatic rings. The van der Waals surface area contributed by atoms with Gasteiger partial charge in [-0.3, -0.25) is 0 Å². The molecular weight excluding hydrogens is 314 g/mol. The summed E-state index contributed by atoms with van der Waals surface area (Å²) < 4.78 is 0. The Morgan fingerprint density at radius 3 is 2.86 bits per heavy atom. The molecule has 3 aromatic rings. The van der Waals surface area contributed by atoms with Crippen molar-refractivity contribution in [1.29, 1.82) is 0 Å². The SMILES string of the molecule is CCc1cc2c(SCCCNc3ncccn3)ncnc2s1. The molecule has 0 aromatic carbocycles. The van der Waals surface area contributed by atoms with Crippen LogP contribution < -0.4 is 5.32 Å². The van der Waals surface area contributed by atoms with Gasteiger partial charge in [0, 0.05) is 35.0 Å². The Hall–Kier alpha value is -1.73. The van der Waals surface area contributed by atoms with Crippen molar-refractivity contribution in [2.45, 2.75) is 24.8 Å². The number of nitrogens with one attached hydrogen (secondary N) is 1. The minimum absolute atomic E-state index is 0.683. The van der Waals surface area contributed by atoms with Crippen molar-refractivity contribution in [2.24, 2.45) is 0 Å². The van der Waals surface area contributed by atoms with Crippen LogP contribution in [0.15, 0.2) is 35.9 Å². The summed E-state index contributed by atoms with van der Waals surface area (Å²) in [4.78, 5) is 19.5. The number of hydrogen-bond acceptors (Lipinski definition) is 7. The Kier molecular flexibility index (Phi) is 5.18. The van der Waals surface area contributed by atoms with E-state index in [1.807, 2.05) is 6.07 Å². The molecule has 7 heteroatoms. The van der Waals surface area contributed by atoms with Crippen LogP contribution in [0.3, 0.4) is 0 Å². The zero-order valence-corrected chi connectivity index (χ0v) is 14.0. The van der Waals surface area contributed by atoms with E-state index in [1.165, 1.54) is 10.3 Å². The molecule has 0 saturated heterocycles. The molecule has 0 aliphatic heterocycles. The summed E-state index contributed by atoms with van der Waals surface area (Å²) in [6.07, 6.45) is 7.22. The highest BCUT2D eigenvalue weighted by Crippen LogP contribution is 2.31. The van der Waals surface area contributed by atoms with Gasteiger partial charge in [0.05, 0.1) is 0 Å². The van der Waals surface area contributed by atoms with Crippen LogP contribution in [-0.2, 0) is 6.42 Å². The van der Waals surface area contributed by atoms with E-state index in [0.717, 1.165) is 35.0 Å². The smallest absolute Gasteiger partial charge is 0.222 e. The highest BCUT2D eigenvalue weighted by Gasteiger charge is 2.08. The topological polar surface area (TPSA) is 63.6 Å². The molecule has 3 rings (SSSR count). The highest BCUT2D eigenvalue weighted by molar-refractivity contribution is 7.99. The molecule has 0 spiro atoms. The molecule has 0 aliphatic carbocycles. The number of aromatic nitrogens is 4. The van der Waals surface area contributed by atoms with Crippen LogP contribution in [0.2, 0.25) is 0 Å². The molecule has 3 aromatic heterocycles. The van der Waals surface area contributed by atoms with Crippen molar-refractivity contribution in [3.63, 3.8) is 0 Å². The van der Waals surface area contributed by atoms with E-state index >= 15 is 0 Å². The first-order valence-electron chi connectivity index (χ1n) is 7.24. The standard InChI is InChI=1S/C15H17N5S2/c1-2-11-9-12-13(19-10-20-14(12)22-11)21-8-4-7-18-15-16-5-3-6-17-15/h3,5-6,9-10H,2,4,7-8H2,1H3,(H,16,17,18). The second kappa shape index (κ2) is 7.51. The van der Waals surface area contributed by atoms with Crippen LogP contribution in [0.25, 0.3) is 10.2 Å². The maximum atomic E-state index is 4.42. The van der Waals surface area contributed by atoms with Gasteiger partial charge < -0.3 is 5.32 Å². The van der Waals surface area contributed by atoms with Crippen LogP contribution >= 0.6 is 23.1 Å². The molecule has 0 bridgehead atoms. The molecule has 0 unspecified atom stereocenters. The molecule has 0 saturated carbocycles. The summed E-state index contributed by atoms with van der Waals surface area (Å²) >= 11 is 3.54. The van der Waals surface area contributed by atoms with Gasteiger partial charge in [0.1, 0.15) is 16.2 Å². The van der Waals surface area contributed by atoms with Crippen LogP contribution in [0.4, 0.5) is 5.95 Å². The molecule has 22 heavy (non-hydrogen) atoms. The Labute approximate surface area is 137 Å². The molecule has 1 N–H and O–H groups in total. The number of nitrogens with zero attached hydrogens (tertiary/aromatic N) is 4. The van der Waals surface area contributed by atoms with Crippen LogP contribution in [0.1, 0.15) is 18.2 Å². The molecular formula is C15H17N5S2. The third-order valence-corrected chi connectivity index (χ3v) is 5.38. The molecule has 0 radical (unpaired) electrons. The molecule has 0 amide bonds. The molecule has 5 nitrogen and oxygen atoms in total. The third kappa shape index (κ3) is 3.72. The molecule has 0 fully saturated rings. The summed E-state index contributed by atoms with van der Waals surface area (Å²) in [7, 11) is 0.